The third-order valence-electron chi connectivity index (χ3n) is 2.85. The van der Waals surface area contributed by atoms with Crippen LogP contribution in [0.1, 0.15) is 57.5 Å². The minimum Gasteiger partial charge on any atom is -0.456 e. The van der Waals surface area contributed by atoms with Crippen LogP contribution in [0.3, 0.4) is 0 Å². The highest BCUT2D eigenvalue weighted by atomic mass is 79.9. The minimum absolute atomic E-state index is 0.0176. The summed E-state index contributed by atoms with van der Waals surface area (Å²) in [5.74, 6) is -0.735. The Labute approximate surface area is 167 Å². The van der Waals surface area contributed by atoms with Gasteiger partial charge in [0.15, 0.2) is 5.75 Å². The van der Waals surface area contributed by atoms with Crippen molar-refractivity contribution in [2.45, 2.75) is 59.4 Å². The van der Waals surface area contributed by atoms with Gasteiger partial charge >= 0.3 is 12.1 Å². The van der Waals surface area contributed by atoms with Crippen LogP contribution in [0.15, 0.2) is 16.6 Å². The van der Waals surface area contributed by atoms with E-state index >= 15 is 0 Å². The maximum atomic E-state index is 12.7. The van der Waals surface area contributed by atoms with E-state index in [1.807, 2.05) is 0 Å². The van der Waals surface area contributed by atoms with Gasteiger partial charge in [0, 0.05) is 0 Å². The first-order chi connectivity index (χ1) is 12.3. The molecule has 1 aromatic carbocycles. The van der Waals surface area contributed by atoms with Gasteiger partial charge in [-0.2, -0.15) is 0 Å². The molecule has 0 bridgehead atoms. The second-order valence-electron chi connectivity index (χ2n) is 7.72. The number of halogens is 2. The molecule has 0 spiro atoms. The van der Waals surface area contributed by atoms with Crippen LogP contribution in [0.5, 0.6) is 5.75 Å². The van der Waals surface area contributed by atoms with Crippen molar-refractivity contribution in [3.05, 3.63) is 27.7 Å². The molecule has 0 aliphatic rings. The summed E-state index contributed by atoms with van der Waals surface area (Å²) in [6, 6.07) is 3.21. The number of rotatable bonds is 6. The quantitative estimate of drug-likeness (QED) is 0.338. The molecule has 0 saturated carbocycles. The van der Waals surface area contributed by atoms with E-state index in [1.54, 1.807) is 53.7 Å². The molecule has 0 saturated heterocycles. The van der Waals surface area contributed by atoms with E-state index in [4.69, 9.17) is 18.9 Å². The standard InChI is InChI=1S/C19H26BrFO6/c1-18(2,3)26-16(22)14-12(11-24-10-9-21)7-8-13(20)15(14)25-17(23)27-19(4,5)6/h7-8H,9-11H2,1-6H3. The lowest BCUT2D eigenvalue weighted by molar-refractivity contribution is 0.00550. The molecule has 0 unspecified atom stereocenters. The molecular weight excluding hydrogens is 423 g/mol. The van der Waals surface area contributed by atoms with Crippen LogP contribution in [0.4, 0.5) is 9.18 Å². The molecule has 27 heavy (non-hydrogen) atoms. The Hall–Kier alpha value is -1.67. The lowest BCUT2D eigenvalue weighted by atomic mass is 10.1. The van der Waals surface area contributed by atoms with Crippen LogP contribution in [-0.2, 0) is 20.8 Å². The van der Waals surface area contributed by atoms with Crippen LogP contribution in [-0.4, -0.2) is 36.6 Å². The van der Waals surface area contributed by atoms with Crippen molar-refractivity contribution in [1.82, 2.24) is 0 Å². The maximum absolute atomic E-state index is 12.7. The summed E-state index contributed by atoms with van der Waals surface area (Å²) < 4.78 is 33.8. The van der Waals surface area contributed by atoms with Crippen molar-refractivity contribution >= 4 is 28.1 Å². The minimum atomic E-state index is -0.963. The average molecular weight is 449 g/mol. The van der Waals surface area contributed by atoms with Crippen LogP contribution in [0.2, 0.25) is 0 Å². The van der Waals surface area contributed by atoms with Crippen LogP contribution in [0, 0.1) is 0 Å². The molecule has 0 N–H and O–H groups in total. The largest absolute Gasteiger partial charge is 0.514 e. The fraction of sp³-hybridized carbons (Fsp3) is 0.579. The van der Waals surface area contributed by atoms with Crippen molar-refractivity contribution in [2.75, 3.05) is 13.3 Å². The number of carbonyl (C=O) groups excluding carboxylic acids is 2. The molecule has 0 atom stereocenters. The molecule has 0 aliphatic carbocycles. The fourth-order valence-electron chi connectivity index (χ4n) is 1.96. The molecule has 0 heterocycles. The average Bonchev–Trinajstić information content (AvgIpc) is 2.46. The summed E-state index contributed by atoms with van der Waals surface area (Å²) in [6.45, 7) is 9.42. The summed E-state index contributed by atoms with van der Waals surface area (Å²) in [6.07, 6.45) is -0.963. The van der Waals surface area contributed by atoms with E-state index in [-0.39, 0.29) is 24.5 Å². The topological polar surface area (TPSA) is 71.1 Å². The first-order valence-electron chi connectivity index (χ1n) is 8.43. The van der Waals surface area contributed by atoms with Crippen molar-refractivity contribution in [3.8, 4) is 5.75 Å². The van der Waals surface area contributed by atoms with Crippen molar-refractivity contribution in [2.24, 2.45) is 0 Å². The predicted molar refractivity (Wildman–Crippen MR) is 102 cm³/mol. The summed E-state index contributed by atoms with van der Waals surface area (Å²) in [7, 11) is 0. The van der Waals surface area contributed by atoms with Gasteiger partial charge in [-0.15, -0.1) is 0 Å². The number of carbonyl (C=O) groups is 2. The van der Waals surface area contributed by atoms with Crippen molar-refractivity contribution in [3.63, 3.8) is 0 Å². The zero-order valence-corrected chi connectivity index (χ0v) is 18.1. The Bertz CT molecular complexity index is 676. The zero-order chi connectivity index (χ0) is 20.8. The Balaban J connectivity index is 3.30. The molecule has 6 nitrogen and oxygen atoms in total. The molecule has 0 aliphatic heterocycles. The summed E-state index contributed by atoms with van der Waals surface area (Å²) in [5.41, 5.74) is -1.11. The first-order valence-corrected chi connectivity index (χ1v) is 9.22. The second-order valence-corrected chi connectivity index (χ2v) is 8.57. The third kappa shape index (κ3) is 8.26. The van der Waals surface area contributed by atoms with Gasteiger partial charge in [-0.05, 0) is 69.1 Å². The van der Waals surface area contributed by atoms with E-state index in [9.17, 15) is 14.0 Å². The maximum Gasteiger partial charge on any atom is 0.514 e. The predicted octanol–water partition coefficient (Wildman–Crippen LogP) is 5.20. The van der Waals surface area contributed by atoms with Gasteiger partial charge in [-0.3, -0.25) is 0 Å². The molecule has 1 aromatic rings. The van der Waals surface area contributed by atoms with E-state index in [0.717, 1.165) is 0 Å². The first kappa shape index (κ1) is 23.4. The number of hydrogen-bond donors (Lipinski definition) is 0. The van der Waals surface area contributed by atoms with Crippen LogP contribution in [0.25, 0.3) is 0 Å². The van der Waals surface area contributed by atoms with Gasteiger partial charge in [-0.25, -0.2) is 14.0 Å². The highest BCUT2D eigenvalue weighted by molar-refractivity contribution is 9.10. The molecule has 0 radical (unpaired) electrons. The van der Waals surface area contributed by atoms with E-state index in [1.165, 1.54) is 0 Å². The fourth-order valence-corrected chi connectivity index (χ4v) is 2.37. The Morgan fingerprint density at radius 3 is 2.15 bits per heavy atom. The summed E-state index contributed by atoms with van der Waals surface area (Å²) in [5, 5.41) is 0. The molecule has 0 fully saturated rings. The molecular formula is C19H26BrFO6. The monoisotopic (exact) mass is 448 g/mol. The normalized spacial score (nSPS) is 11.9. The van der Waals surface area contributed by atoms with Gasteiger partial charge in [0.2, 0.25) is 0 Å². The molecule has 0 aromatic heterocycles. The van der Waals surface area contributed by atoms with E-state index in [2.05, 4.69) is 15.9 Å². The highest BCUT2D eigenvalue weighted by Gasteiger charge is 2.28. The van der Waals surface area contributed by atoms with Gasteiger partial charge in [0.05, 0.1) is 17.7 Å². The van der Waals surface area contributed by atoms with Gasteiger partial charge < -0.3 is 18.9 Å². The highest BCUT2D eigenvalue weighted by Crippen LogP contribution is 2.34. The summed E-state index contributed by atoms with van der Waals surface area (Å²) >= 11 is 3.28. The second kappa shape index (κ2) is 9.50. The Morgan fingerprint density at radius 2 is 1.63 bits per heavy atom. The Morgan fingerprint density at radius 1 is 1.04 bits per heavy atom. The number of alkyl halides is 1. The SMILES string of the molecule is CC(C)(C)OC(=O)Oc1c(Br)ccc(COCCF)c1C(=O)OC(C)(C)C. The Kier molecular flexibility index (Phi) is 8.23. The van der Waals surface area contributed by atoms with Gasteiger partial charge in [0.25, 0.3) is 0 Å². The number of hydrogen-bond acceptors (Lipinski definition) is 6. The number of benzene rings is 1. The zero-order valence-electron chi connectivity index (χ0n) is 16.5. The van der Waals surface area contributed by atoms with Crippen LogP contribution < -0.4 is 4.74 Å². The number of ether oxygens (including phenoxy) is 4. The van der Waals surface area contributed by atoms with Crippen LogP contribution >= 0.6 is 15.9 Å². The van der Waals surface area contributed by atoms with Gasteiger partial charge in [0.1, 0.15) is 23.4 Å². The lowest BCUT2D eigenvalue weighted by Crippen LogP contribution is -2.28. The van der Waals surface area contributed by atoms with E-state index in [0.29, 0.717) is 10.0 Å². The molecule has 152 valence electrons. The molecule has 8 heteroatoms. The third-order valence-corrected chi connectivity index (χ3v) is 3.48. The lowest BCUT2D eigenvalue weighted by Gasteiger charge is -2.23. The smallest absolute Gasteiger partial charge is 0.456 e. The molecule has 0 amide bonds. The summed E-state index contributed by atoms with van der Waals surface area (Å²) in [4.78, 5) is 24.9. The van der Waals surface area contributed by atoms with Gasteiger partial charge in [-0.1, -0.05) is 6.07 Å². The van der Waals surface area contributed by atoms with Crippen molar-refractivity contribution < 1.29 is 32.9 Å². The number of esters is 1. The molecule has 1 rings (SSSR count). The van der Waals surface area contributed by atoms with E-state index < -0.39 is 30.0 Å². The van der Waals surface area contributed by atoms with Crippen molar-refractivity contribution in [1.29, 1.82) is 0 Å².